The number of nitrogens with one attached hydrogen (secondary N) is 1. The number of benzene rings is 2. The lowest BCUT2D eigenvalue weighted by molar-refractivity contribution is -0.137. The molecule has 2 aromatic carbocycles. The summed E-state index contributed by atoms with van der Waals surface area (Å²) in [5, 5.41) is 13.6. The third-order valence-electron chi connectivity index (χ3n) is 3.88. The molecule has 3 aromatic rings. The highest BCUT2D eigenvalue weighted by Crippen LogP contribution is 2.29. The number of nitriles is 1. The molecule has 1 heterocycles. The Balaban J connectivity index is 1.79. The van der Waals surface area contributed by atoms with E-state index in [0.717, 1.165) is 29.1 Å². The quantitative estimate of drug-likeness (QED) is 0.558. The Bertz CT molecular complexity index is 1060. The lowest BCUT2D eigenvalue weighted by Gasteiger charge is -2.07. The summed E-state index contributed by atoms with van der Waals surface area (Å²) in [6.07, 6.45) is -1.42. The summed E-state index contributed by atoms with van der Waals surface area (Å²) in [5.41, 5.74) is 2.68. The second-order valence-corrected chi connectivity index (χ2v) is 5.67. The lowest BCUT2D eigenvalue weighted by atomic mass is 10.1. The van der Waals surface area contributed by atoms with E-state index in [1.165, 1.54) is 12.3 Å². The second kappa shape index (κ2) is 7.33. The smallest absolute Gasteiger partial charge is 0.333 e. The normalized spacial score (nSPS) is 11.6. The Morgan fingerprint density at radius 1 is 1.22 bits per heavy atom. The monoisotopic (exact) mass is 370 g/mol. The lowest BCUT2D eigenvalue weighted by Crippen LogP contribution is -2.18. The number of alkyl halides is 3. The fourth-order valence-corrected chi connectivity index (χ4v) is 2.65. The van der Waals surface area contributed by atoms with Crippen molar-refractivity contribution in [1.29, 1.82) is 5.26 Å². The predicted molar refractivity (Wildman–Crippen MR) is 94.1 cm³/mol. The zero-order valence-electron chi connectivity index (χ0n) is 13.9. The largest absolute Gasteiger partial charge is 0.416 e. The average Bonchev–Trinajstić information content (AvgIpc) is 2.99. The number of hydrogen-bond donors (Lipinski definition) is 1. The molecule has 0 unspecified atom stereocenters. The van der Waals surface area contributed by atoms with Crippen molar-refractivity contribution in [2.24, 2.45) is 5.10 Å². The van der Waals surface area contributed by atoms with Gasteiger partial charge in [0.15, 0.2) is 0 Å². The number of carbonyl (C=O) groups is 1. The Morgan fingerprint density at radius 2 is 2.00 bits per heavy atom. The summed E-state index contributed by atoms with van der Waals surface area (Å²) in [4.78, 5) is 12.0. The summed E-state index contributed by atoms with van der Waals surface area (Å²) >= 11 is 0. The molecule has 0 fully saturated rings. The van der Waals surface area contributed by atoms with Crippen LogP contribution in [0.25, 0.3) is 10.9 Å². The molecule has 0 saturated carbocycles. The van der Waals surface area contributed by atoms with Gasteiger partial charge in [-0.2, -0.15) is 23.5 Å². The van der Waals surface area contributed by atoms with Crippen LogP contribution in [0.1, 0.15) is 21.5 Å². The van der Waals surface area contributed by atoms with E-state index in [1.807, 2.05) is 24.3 Å². The number of rotatable bonds is 4. The van der Waals surface area contributed by atoms with Crippen LogP contribution in [-0.2, 0) is 12.7 Å². The van der Waals surface area contributed by atoms with Gasteiger partial charge in [0.25, 0.3) is 5.91 Å². The molecule has 1 aromatic heterocycles. The van der Waals surface area contributed by atoms with Crippen molar-refractivity contribution in [3.8, 4) is 6.07 Å². The first-order chi connectivity index (χ1) is 12.9. The van der Waals surface area contributed by atoms with Crippen molar-refractivity contribution < 1.29 is 18.0 Å². The molecule has 5 nitrogen and oxygen atoms in total. The van der Waals surface area contributed by atoms with Crippen LogP contribution in [-0.4, -0.2) is 16.7 Å². The summed E-state index contributed by atoms with van der Waals surface area (Å²) in [7, 11) is 0. The highest BCUT2D eigenvalue weighted by molar-refractivity contribution is 6.00. The third kappa shape index (κ3) is 3.98. The maximum absolute atomic E-state index is 12.7. The molecular weight excluding hydrogens is 357 g/mol. The standard InChI is InChI=1S/C19H13F3N4O/c20-19(21,22)15-5-3-4-13(10-15)18(27)25-24-11-14-12-26(9-8-23)17-7-2-1-6-16(14)17/h1-7,10-12H,9H2,(H,25,27)/b24-11-. The highest BCUT2D eigenvalue weighted by atomic mass is 19.4. The molecule has 0 saturated heterocycles. The topological polar surface area (TPSA) is 70.2 Å². The van der Waals surface area contributed by atoms with Gasteiger partial charge in [0.2, 0.25) is 0 Å². The van der Waals surface area contributed by atoms with Crippen LogP contribution in [0, 0.1) is 11.3 Å². The fraction of sp³-hybridized carbons (Fsp3) is 0.105. The van der Waals surface area contributed by atoms with Gasteiger partial charge in [-0.15, -0.1) is 0 Å². The van der Waals surface area contributed by atoms with Crippen LogP contribution in [0.15, 0.2) is 59.8 Å². The first-order valence-electron chi connectivity index (χ1n) is 7.85. The number of hydrazone groups is 1. The minimum absolute atomic E-state index is 0.145. The minimum Gasteiger partial charge on any atom is -0.333 e. The van der Waals surface area contributed by atoms with Crippen molar-refractivity contribution in [3.63, 3.8) is 0 Å². The van der Waals surface area contributed by atoms with E-state index in [1.54, 1.807) is 10.8 Å². The molecule has 0 aliphatic carbocycles. The van der Waals surface area contributed by atoms with E-state index in [-0.39, 0.29) is 12.1 Å². The second-order valence-electron chi connectivity index (χ2n) is 5.67. The molecular formula is C19H13F3N4O. The first-order valence-corrected chi connectivity index (χ1v) is 7.85. The van der Waals surface area contributed by atoms with Gasteiger partial charge in [0, 0.05) is 28.2 Å². The average molecular weight is 370 g/mol. The molecule has 0 atom stereocenters. The molecule has 1 N–H and O–H groups in total. The molecule has 136 valence electrons. The molecule has 8 heteroatoms. The Labute approximate surface area is 152 Å². The van der Waals surface area contributed by atoms with Crippen molar-refractivity contribution in [1.82, 2.24) is 9.99 Å². The molecule has 0 radical (unpaired) electrons. The van der Waals surface area contributed by atoms with Crippen LogP contribution in [0.5, 0.6) is 0 Å². The van der Waals surface area contributed by atoms with Gasteiger partial charge < -0.3 is 4.57 Å². The van der Waals surface area contributed by atoms with Crippen LogP contribution >= 0.6 is 0 Å². The van der Waals surface area contributed by atoms with E-state index in [0.29, 0.717) is 5.56 Å². The number of nitrogens with zero attached hydrogens (tertiary/aromatic N) is 3. The molecule has 1 amide bonds. The third-order valence-corrected chi connectivity index (χ3v) is 3.88. The van der Waals surface area contributed by atoms with Crippen molar-refractivity contribution in [3.05, 3.63) is 71.4 Å². The number of carbonyl (C=O) groups excluding carboxylic acids is 1. The Morgan fingerprint density at radius 3 is 2.74 bits per heavy atom. The van der Waals surface area contributed by atoms with Crippen LogP contribution in [0.3, 0.4) is 0 Å². The Hall–Kier alpha value is -3.60. The number of aromatic nitrogens is 1. The number of para-hydroxylation sites is 1. The van der Waals surface area contributed by atoms with Gasteiger partial charge in [0.1, 0.15) is 6.54 Å². The maximum atomic E-state index is 12.7. The number of fused-ring (bicyclic) bond motifs is 1. The van der Waals surface area contributed by atoms with Gasteiger partial charge >= 0.3 is 6.18 Å². The van der Waals surface area contributed by atoms with E-state index >= 15 is 0 Å². The van der Waals surface area contributed by atoms with Crippen molar-refractivity contribution in [2.45, 2.75) is 12.7 Å². The van der Waals surface area contributed by atoms with Gasteiger partial charge in [-0.25, -0.2) is 5.43 Å². The molecule has 0 aliphatic heterocycles. The van der Waals surface area contributed by atoms with Crippen molar-refractivity contribution >= 4 is 23.0 Å². The molecule has 0 bridgehead atoms. The van der Waals surface area contributed by atoms with Gasteiger partial charge in [0.05, 0.1) is 17.8 Å². The maximum Gasteiger partial charge on any atom is 0.416 e. The van der Waals surface area contributed by atoms with Gasteiger partial charge in [-0.05, 0) is 24.3 Å². The molecule has 0 spiro atoms. The van der Waals surface area contributed by atoms with E-state index in [9.17, 15) is 18.0 Å². The summed E-state index contributed by atoms with van der Waals surface area (Å²) in [6, 6.07) is 13.5. The van der Waals surface area contributed by atoms with Crippen LogP contribution in [0.4, 0.5) is 13.2 Å². The SMILES string of the molecule is N#CCn1cc(/C=N\NC(=O)c2cccc(C(F)(F)F)c2)c2ccccc21. The van der Waals surface area contributed by atoms with Gasteiger partial charge in [-0.1, -0.05) is 24.3 Å². The Kier molecular flexibility index (Phi) is 4.94. The molecule has 3 rings (SSSR count). The predicted octanol–water partition coefficient (Wildman–Crippen LogP) is 3.95. The molecule has 27 heavy (non-hydrogen) atoms. The van der Waals surface area contributed by atoms with Gasteiger partial charge in [-0.3, -0.25) is 4.79 Å². The molecule has 0 aliphatic rings. The number of hydrogen-bond acceptors (Lipinski definition) is 3. The van der Waals surface area contributed by atoms with E-state index in [4.69, 9.17) is 5.26 Å². The number of amides is 1. The number of halogens is 3. The highest BCUT2D eigenvalue weighted by Gasteiger charge is 2.30. The van der Waals surface area contributed by atoms with Crippen LogP contribution < -0.4 is 5.43 Å². The summed E-state index contributed by atoms with van der Waals surface area (Å²) < 4.78 is 39.9. The zero-order valence-corrected chi connectivity index (χ0v) is 13.9. The fourth-order valence-electron chi connectivity index (χ4n) is 2.65. The van der Waals surface area contributed by atoms with E-state index < -0.39 is 17.6 Å². The minimum atomic E-state index is -4.53. The van der Waals surface area contributed by atoms with Crippen LogP contribution in [0.2, 0.25) is 0 Å². The van der Waals surface area contributed by atoms with E-state index in [2.05, 4.69) is 16.6 Å². The summed E-state index contributed by atoms with van der Waals surface area (Å²) in [6.45, 7) is 0.158. The zero-order chi connectivity index (χ0) is 19.4. The first kappa shape index (κ1) is 18.2. The summed E-state index contributed by atoms with van der Waals surface area (Å²) in [5.74, 6) is -0.752. The van der Waals surface area contributed by atoms with Crippen molar-refractivity contribution in [2.75, 3.05) is 0 Å².